The molecule has 0 aliphatic rings. The molecule has 3 N–H and O–H groups in total. The second-order valence-corrected chi connectivity index (χ2v) is 5.15. The maximum absolute atomic E-state index is 12.1. The van der Waals surface area contributed by atoms with Crippen molar-refractivity contribution in [2.24, 2.45) is 0 Å². The van der Waals surface area contributed by atoms with E-state index in [1.54, 1.807) is 6.07 Å². The molecule has 1 heterocycles. The molecule has 122 valence electrons. The Balaban J connectivity index is 1.94. The van der Waals surface area contributed by atoms with E-state index in [9.17, 15) is 19.7 Å². The summed E-state index contributed by atoms with van der Waals surface area (Å²) in [5.74, 6) is -1.13. The SMILES string of the molecule is O=C(O)CCCCCNC(=O)c1c[nH]c2ccc([N+](=O)[O-])cc12. The molecule has 0 spiro atoms. The number of benzene rings is 1. The number of H-pyrrole nitrogens is 1. The van der Waals surface area contributed by atoms with Gasteiger partial charge in [-0.15, -0.1) is 0 Å². The Morgan fingerprint density at radius 1 is 1.26 bits per heavy atom. The Morgan fingerprint density at radius 3 is 2.74 bits per heavy atom. The first-order chi connectivity index (χ1) is 11.0. The van der Waals surface area contributed by atoms with Crippen LogP contribution in [0.5, 0.6) is 0 Å². The lowest BCUT2D eigenvalue weighted by Crippen LogP contribution is -2.24. The highest BCUT2D eigenvalue weighted by atomic mass is 16.6. The van der Waals surface area contributed by atoms with Crippen LogP contribution < -0.4 is 5.32 Å². The van der Waals surface area contributed by atoms with Crippen LogP contribution in [0.1, 0.15) is 36.0 Å². The summed E-state index contributed by atoms with van der Waals surface area (Å²) < 4.78 is 0. The van der Waals surface area contributed by atoms with Crippen LogP contribution in [0.25, 0.3) is 10.9 Å². The zero-order chi connectivity index (χ0) is 16.8. The van der Waals surface area contributed by atoms with E-state index in [0.717, 1.165) is 0 Å². The molecule has 0 aliphatic heterocycles. The molecule has 0 saturated carbocycles. The first kappa shape index (κ1) is 16.5. The Bertz CT molecular complexity index is 738. The predicted octanol–water partition coefficient (Wildman–Crippen LogP) is 2.45. The number of aromatic nitrogens is 1. The van der Waals surface area contributed by atoms with E-state index < -0.39 is 10.9 Å². The largest absolute Gasteiger partial charge is 0.481 e. The number of aromatic amines is 1. The summed E-state index contributed by atoms with van der Waals surface area (Å²) >= 11 is 0. The van der Waals surface area contributed by atoms with Crippen molar-refractivity contribution >= 4 is 28.5 Å². The lowest BCUT2D eigenvalue weighted by Gasteiger charge is -2.04. The number of hydrogen-bond donors (Lipinski definition) is 3. The zero-order valence-corrected chi connectivity index (χ0v) is 12.4. The number of carbonyl (C=O) groups excluding carboxylic acids is 1. The topological polar surface area (TPSA) is 125 Å². The molecule has 1 amide bonds. The molecule has 0 aliphatic carbocycles. The Kier molecular flexibility index (Phi) is 5.29. The van der Waals surface area contributed by atoms with Crippen molar-refractivity contribution in [2.75, 3.05) is 6.54 Å². The molecule has 0 bridgehead atoms. The van der Waals surface area contributed by atoms with Gasteiger partial charge in [0.1, 0.15) is 0 Å². The number of non-ortho nitro benzene ring substituents is 1. The molecule has 0 fully saturated rings. The van der Waals surface area contributed by atoms with Gasteiger partial charge in [0.05, 0.1) is 10.5 Å². The number of nitrogens with one attached hydrogen (secondary N) is 2. The fourth-order valence-electron chi connectivity index (χ4n) is 2.29. The van der Waals surface area contributed by atoms with Gasteiger partial charge in [0.25, 0.3) is 11.6 Å². The third-order valence-electron chi connectivity index (χ3n) is 3.47. The summed E-state index contributed by atoms with van der Waals surface area (Å²) in [7, 11) is 0. The van der Waals surface area contributed by atoms with Crippen LogP contribution in [0.4, 0.5) is 5.69 Å². The second-order valence-electron chi connectivity index (χ2n) is 5.15. The first-order valence-electron chi connectivity index (χ1n) is 7.24. The van der Waals surface area contributed by atoms with E-state index in [1.807, 2.05) is 0 Å². The Morgan fingerprint density at radius 2 is 2.04 bits per heavy atom. The zero-order valence-electron chi connectivity index (χ0n) is 12.4. The summed E-state index contributed by atoms with van der Waals surface area (Å²) in [5, 5.41) is 22.6. The summed E-state index contributed by atoms with van der Waals surface area (Å²) in [6, 6.07) is 4.31. The number of hydrogen-bond acceptors (Lipinski definition) is 4. The number of nitro benzene ring substituents is 1. The highest BCUT2D eigenvalue weighted by Crippen LogP contribution is 2.23. The van der Waals surface area contributed by atoms with Gasteiger partial charge in [0, 0.05) is 42.2 Å². The molecule has 1 aromatic heterocycles. The molecule has 23 heavy (non-hydrogen) atoms. The summed E-state index contributed by atoms with van der Waals surface area (Å²) in [6.45, 7) is 0.431. The molecule has 8 nitrogen and oxygen atoms in total. The lowest BCUT2D eigenvalue weighted by molar-refractivity contribution is -0.384. The van der Waals surface area contributed by atoms with Crippen LogP contribution in [0.2, 0.25) is 0 Å². The van der Waals surface area contributed by atoms with Crippen molar-refractivity contribution < 1.29 is 19.6 Å². The average Bonchev–Trinajstić information content (AvgIpc) is 2.93. The van der Waals surface area contributed by atoms with Gasteiger partial charge in [0.15, 0.2) is 0 Å². The number of nitro groups is 1. The monoisotopic (exact) mass is 319 g/mol. The normalized spacial score (nSPS) is 10.6. The van der Waals surface area contributed by atoms with Gasteiger partial charge in [-0.3, -0.25) is 19.7 Å². The number of rotatable bonds is 8. The number of carbonyl (C=O) groups is 2. The third-order valence-corrected chi connectivity index (χ3v) is 3.47. The van der Waals surface area contributed by atoms with Crippen molar-refractivity contribution in [3.05, 3.63) is 40.1 Å². The number of fused-ring (bicyclic) bond motifs is 1. The van der Waals surface area contributed by atoms with Crippen molar-refractivity contribution in [1.29, 1.82) is 0 Å². The smallest absolute Gasteiger partial charge is 0.303 e. The van der Waals surface area contributed by atoms with Gasteiger partial charge in [-0.2, -0.15) is 0 Å². The van der Waals surface area contributed by atoms with Gasteiger partial charge in [-0.25, -0.2) is 0 Å². The van der Waals surface area contributed by atoms with E-state index >= 15 is 0 Å². The van der Waals surface area contributed by atoms with Crippen LogP contribution in [0.15, 0.2) is 24.4 Å². The minimum Gasteiger partial charge on any atom is -0.481 e. The highest BCUT2D eigenvalue weighted by Gasteiger charge is 2.15. The molecule has 0 saturated heterocycles. The van der Waals surface area contributed by atoms with E-state index in [1.165, 1.54) is 18.3 Å². The number of amides is 1. The molecule has 0 radical (unpaired) electrons. The average molecular weight is 319 g/mol. The highest BCUT2D eigenvalue weighted by molar-refractivity contribution is 6.07. The van der Waals surface area contributed by atoms with Crippen molar-refractivity contribution in [2.45, 2.75) is 25.7 Å². The second kappa shape index (κ2) is 7.39. The Hall–Kier alpha value is -2.90. The number of carboxylic acids is 1. The standard InChI is InChI=1S/C15H17N3O5/c19-14(20)4-2-1-3-7-16-15(21)12-9-17-13-6-5-10(18(22)23)8-11(12)13/h5-6,8-9,17H,1-4,7H2,(H,16,21)(H,19,20). The van der Waals surface area contributed by atoms with Crippen LogP contribution >= 0.6 is 0 Å². The summed E-state index contributed by atoms with van der Waals surface area (Å²) in [6.07, 6.45) is 3.62. The molecular weight excluding hydrogens is 302 g/mol. The van der Waals surface area contributed by atoms with E-state index in [2.05, 4.69) is 10.3 Å². The van der Waals surface area contributed by atoms with Gasteiger partial charge < -0.3 is 15.4 Å². The summed E-state index contributed by atoms with van der Waals surface area (Å²) in [4.78, 5) is 35.7. The predicted molar refractivity (Wildman–Crippen MR) is 83.4 cm³/mol. The van der Waals surface area contributed by atoms with E-state index in [4.69, 9.17) is 5.11 Å². The van der Waals surface area contributed by atoms with E-state index in [-0.39, 0.29) is 18.0 Å². The minimum absolute atomic E-state index is 0.0696. The van der Waals surface area contributed by atoms with Gasteiger partial charge >= 0.3 is 5.97 Å². The van der Waals surface area contributed by atoms with Crippen LogP contribution in [-0.2, 0) is 4.79 Å². The molecule has 8 heteroatoms. The first-order valence-corrected chi connectivity index (χ1v) is 7.24. The molecule has 1 aromatic carbocycles. The summed E-state index contributed by atoms with van der Waals surface area (Å²) in [5.41, 5.74) is 0.941. The molecular formula is C15H17N3O5. The molecule has 0 unspecified atom stereocenters. The fraction of sp³-hybridized carbons (Fsp3) is 0.333. The number of unbranched alkanes of at least 4 members (excludes halogenated alkanes) is 2. The van der Waals surface area contributed by atoms with E-state index in [0.29, 0.717) is 42.3 Å². The molecule has 2 aromatic rings. The number of carboxylic acid groups (broad SMARTS) is 1. The van der Waals surface area contributed by atoms with Crippen LogP contribution in [0, 0.1) is 10.1 Å². The van der Waals surface area contributed by atoms with Crippen molar-refractivity contribution in [3.8, 4) is 0 Å². The van der Waals surface area contributed by atoms with Gasteiger partial charge in [-0.05, 0) is 18.9 Å². The Labute approximate surface area is 131 Å². The third kappa shape index (κ3) is 4.29. The fourth-order valence-corrected chi connectivity index (χ4v) is 2.29. The van der Waals surface area contributed by atoms with Crippen molar-refractivity contribution in [3.63, 3.8) is 0 Å². The van der Waals surface area contributed by atoms with Crippen LogP contribution in [0.3, 0.4) is 0 Å². The van der Waals surface area contributed by atoms with Crippen molar-refractivity contribution in [1.82, 2.24) is 10.3 Å². The quantitative estimate of drug-likeness (QED) is 0.391. The molecule has 0 atom stereocenters. The number of aliphatic carboxylic acids is 1. The van der Waals surface area contributed by atoms with Gasteiger partial charge in [-0.1, -0.05) is 6.42 Å². The van der Waals surface area contributed by atoms with Gasteiger partial charge in [0.2, 0.25) is 0 Å². The van der Waals surface area contributed by atoms with Crippen LogP contribution in [-0.4, -0.2) is 33.4 Å². The maximum atomic E-state index is 12.1. The lowest BCUT2D eigenvalue weighted by atomic mass is 10.1. The minimum atomic E-state index is -0.825. The molecule has 2 rings (SSSR count). The maximum Gasteiger partial charge on any atom is 0.303 e. The number of nitrogens with zero attached hydrogens (tertiary/aromatic N) is 1.